The summed E-state index contributed by atoms with van der Waals surface area (Å²) in [5, 5.41) is 0. The van der Waals surface area contributed by atoms with Crippen LogP contribution >= 0.6 is 0 Å². The Balaban J connectivity index is 2.83. The molecule has 0 rings (SSSR count). The van der Waals surface area contributed by atoms with E-state index in [1.165, 1.54) is 38.5 Å². The van der Waals surface area contributed by atoms with Crippen LogP contribution in [0.3, 0.4) is 0 Å². The summed E-state index contributed by atoms with van der Waals surface area (Å²) in [6.07, 6.45) is 9.42. The van der Waals surface area contributed by atoms with E-state index in [-0.39, 0.29) is 0 Å². The predicted octanol–water partition coefficient (Wildman–Crippen LogP) is 2.33. The molecule has 0 aliphatic rings. The van der Waals surface area contributed by atoms with Gasteiger partial charge in [0.25, 0.3) is 0 Å². The van der Waals surface area contributed by atoms with Crippen molar-refractivity contribution in [2.75, 3.05) is 0 Å². The standard InChI is InChI=1S/C10H17.Sb.2H/c1-3-5-7-9-10-8-6-4-2;;;/h3,5-10H2,1H3;;;. The van der Waals surface area contributed by atoms with Crippen LogP contribution in [0, 0.1) is 9.79 Å². The van der Waals surface area contributed by atoms with E-state index in [0.717, 1.165) is 29.4 Å². The molecule has 11 heavy (non-hydrogen) atoms. The molecule has 0 aromatic rings. The molecule has 0 heterocycles. The molecule has 64 valence electrons. The molecule has 0 saturated heterocycles. The van der Waals surface area contributed by atoms with Crippen molar-refractivity contribution >= 4 is 23.0 Å². The second-order valence-electron chi connectivity index (χ2n) is 2.84. The Kier molecular flexibility index (Phi) is 10.7. The zero-order valence-electron chi connectivity index (χ0n) is 7.53. The Morgan fingerprint density at radius 1 is 1.00 bits per heavy atom. The molecule has 0 aromatic carbocycles. The van der Waals surface area contributed by atoms with Gasteiger partial charge in [0.1, 0.15) is 0 Å². The van der Waals surface area contributed by atoms with Gasteiger partial charge < -0.3 is 0 Å². The summed E-state index contributed by atoms with van der Waals surface area (Å²) in [6.45, 7) is 2.26. The van der Waals surface area contributed by atoms with Crippen LogP contribution in [0.1, 0.15) is 51.9 Å². The topological polar surface area (TPSA) is 0 Å². The maximum absolute atomic E-state index is 3.15. The van der Waals surface area contributed by atoms with Crippen LogP contribution in [0.5, 0.6) is 0 Å². The van der Waals surface area contributed by atoms with Gasteiger partial charge in [0.05, 0.1) is 0 Å². The SMILES string of the molecule is CCCCCCCCC#[C][SbH2]. The molecule has 0 spiro atoms. The van der Waals surface area contributed by atoms with Crippen molar-refractivity contribution in [3.8, 4) is 9.79 Å². The van der Waals surface area contributed by atoms with E-state index in [4.69, 9.17) is 0 Å². The van der Waals surface area contributed by atoms with Crippen molar-refractivity contribution in [3.63, 3.8) is 0 Å². The van der Waals surface area contributed by atoms with E-state index in [1.807, 2.05) is 0 Å². The number of rotatable bonds is 6. The fourth-order valence-corrected chi connectivity index (χ4v) is 1.48. The van der Waals surface area contributed by atoms with Gasteiger partial charge in [-0.25, -0.2) is 0 Å². The zero-order valence-corrected chi connectivity index (χ0v) is 10.8. The first kappa shape index (κ1) is 11.4. The molecule has 1 heteroatoms. The van der Waals surface area contributed by atoms with E-state index in [2.05, 4.69) is 16.7 Å². The van der Waals surface area contributed by atoms with Gasteiger partial charge in [-0.15, -0.1) is 0 Å². The molecule has 0 bridgehead atoms. The monoisotopic (exact) mass is 260 g/mol. The minimum atomic E-state index is 1.10. The van der Waals surface area contributed by atoms with Gasteiger partial charge >= 0.3 is 84.7 Å². The van der Waals surface area contributed by atoms with Gasteiger partial charge in [-0.3, -0.25) is 0 Å². The summed E-state index contributed by atoms with van der Waals surface area (Å²) in [4.78, 5) is 0. The van der Waals surface area contributed by atoms with Crippen molar-refractivity contribution in [2.45, 2.75) is 51.9 Å². The van der Waals surface area contributed by atoms with Gasteiger partial charge in [0.15, 0.2) is 0 Å². The summed E-state index contributed by atoms with van der Waals surface area (Å²) in [6, 6.07) is 0. The summed E-state index contributed by atoms with van der Waals surface area (Å²) in [5.74, 6) is 3.15. The molecule has 0 amide bonds. The van der Waals surface area contributed by atoms with Gasteiger partial charge in [-0.1, -0.05) is 0 Å². The van der Waals surface area contributed by atoms with E-state index in [1.54, 1.807) is 0 Å². The van der Waals surface area contributed by atoms with Crippen LogP contribution in [0.4, 0.5) is 0 Å². The van der Waals surface area contributed by atoms with Crippen LogP contribution in [-0.2, 0) is 0 Å². The van der Waals surface area contributed by atoms with Gasteiger partial charge in [-0.05, 0) is 0 Å². The molecule has 0 aliphatic carbocycles. The summed E-state index contributed by atoms with van der Waals surface area (Å²) in [5.41, 5.74) is 0. The van der Waals surface area contributed by atoms with E-state index >= 15 is 0 Å². The Bertz CT molecular complexity index is 119. The first-order valence-corrected chi connectivity index (χ1v) is 6.25. The molecule has 0 saturated carbocycles. The Labute approximate surface area is 84.6 Å². The average Bonchev–Trinajstić information content (AvgIpc) is 2.03. The van der Waals surface area contributed by atoms with Crippen molar-refractivity contribution in [1.82, 2.24) is 0 Å². The average molecular weight is 261 g/mol. The zero-order chi connectivity index (χ0) is 8.36. The number of hydrogen-bond acceptors (Lipinski definition) is 0. The first-order valence-electron chi connectivity index (χ1n) is 4.60. The summed E-state index contributed by atoms with van der Waals surface area (Å²) < 4.78 is 3.05. The second-order valence-corrected chi connectivity index (χ2v) is 3.66. The fourth-order valence-electron chi connectivity index (χ4n) is 1.07. The van der Waals surface area contributed by atoms with Crippen molar-refractivity contribution in [3.05, 3.63) is 0 Å². The molecule has 0 N–H and O–H groups in total. The number of hydrogen-bond donors (Lipinski definition) is 0. The third kappa shape index (κ3) is 10.4. The minimum absolute atomic E-state index is 1.10. The molecule has 0 atom stereocenters. The van der Waals surface area contributed by atoms with Crippen LogP contribution < -0.4 is 0 Å². The quantitative estimate of drug-likeness (QED) is 0.391. The van der Waals surface area contributed by atoms with E-state index < -0.39 is 0 Å². The molecule has 0 unspecified atom stereocenters. The van der Waals surface area contributed by atoms with Gasteiger partial charge in [0, 0.05) is 0 Å². The van der Waals surface area contributed by atoms with E-state index in [9.17, 15) is 0 Å². The molecular weight excluding hydrogens is 242 g/mol. The molecule has 0 fully saturated rings. The van der Waals surface area contributed by atoms with Crippen molar-refractivity contribution in [1.29, 1.82) is 0 Å². The van der Waals surface area contributed by atoms with Crippen LogP contribution in [-0.4, -0.2) is 23.0 Å². The van der Waals surface area contributed by atoms with Crippen LogP contribution in [0.25, 0.3) is 0 Å². The van der Waals surface area contributed by atoms with Crippen LogP contribution in [0.2, 0.25) is 0 Å². The van der Waals surface area contributed by atoms with Crippen molar-refractivity contribution in [2.24, 2.45) is 0 Å². The molecule has 0 nitrogen and oxygen atoms in total. The molecule has 0 radical (unpaired) electrons. The summed E-state index contributed by atoms with van der Waals surface area (Å²) in [7, 11) is 0. The normalized spacial score (nSPS) is 8.91. The Hall–Kier alpha value is 0.378. The third-order valence-corrected chi connectivity index (χ3v) is 2.34. The Morgan fingerprint density at radius 2 is 1.64 bits per heavy atom. The van der Waals surface area contributed by atoms with E-state index in [0.29, 0.717) is 0 Å². The summed E-state index contributed by atoms with van der Waals surface area (Å²) >= 11 is 1.10. The third-order valence-electron chi connectivity index (χ3n) is 1.76. The van der Waals surface area contributed by atoms with Gasteiger partial charge in [0.2, 0.25) is 0 Å². The molecule has 0 aromatic heterocycles. The van der Waals surface area contributed by atoms with Gasteiger partial charge in [-0.2, -0.15) is 0 Å². The fraction of sp³-hybridized carbons (Fsp3) is 0.800. The molecule has 0 aliphatic heterocycles. The first-order chi connectivity index (χ1) is 5.41. The predicted molar refractivity (Wildman–Crippen MR) is 54.3 cm³/mol. The van der Waals surface area contributed by atoms with Crippen LogP contribution in [0.15, 0.2) is 0 Å². The number of unbranched alkanes of at least 4 members (excludes halogenated alkanes) is 6. The Morgan fingerprint density at radius 3 is 2.27 bits per heavy atom. The second kappa shape index (κ2) is 10.4. The van der Waals surface area contributed by atoms with Crippen molar-refractivity contribution < 1.29 is 0 Å². The molecular formula is C10H19Sb. The maximum atomic E-state index is 3.15.